The van der Waals surface area contributed by atoms with Crippen LogP contribution in [0.4, 0.5) is 10.1 Å². The number of rotatable bonds is 6. The standard InChI is InChI=1S/C21H31FN6O.HI/c1-5-27(6-2)19-8-7-16(11-18(19)22)12-24-21(23-3)28-9-10-29-20(15-28)17-13-25-26(4)14-17;/h7-8,11,13-14,20H,5-6,9-10,12,15H2,1-4H3,(H,23,24);1H. The highest BCUT2D eigenvalue weighted by atomic mass is 127. The van der Waals surface area contributed by atoms with Crippen LogP contribution in [0.25, 0.3) is 0 Å². The van der Waals surface area contributed by atoms with E-state index in [1.165, 1.54) is 0 Å². The summed E-state index contributed by atoms with van der Waals surface area (Å²) in [6, 6.07) is 5.43. The average molecular weight is 530 g/mol. The topological polar surface area (TPSA) is 57.9 Å². The predicted octanol–water partition coefficient (Wildman–Crippen LogP) is 3.17. The molecule has 30 heavy (non-hydrogen) atoms. The molecule has 9 heteroatoms. The molecule has 1 N–H and O–H groups in total. The zero-order chi connectivity index (χ0) is 20.8. The Kier molecular flexibility index (Phi) is 9.35. The molecular weight excluding hydrogens is 498 g/mol. The van der Waals surface area contributed by atoms with Gasteiger partial charge in [0.15, 0.2) is 5.96 Å². The van der Waals surface area contributed by atoms with E-state index < -0.39 is 0 Å². The molecule has 0 spiro atoms. The summed E-state index contributed by atoms with van der Waals surface area (Å²) in [6.45, 7) is 8.21. The average Bonchev–Trinajstić information content (AvgIpc) is 3.17. The van der Waals surface area contributed by atoms with Gasteiger partial charge >= 0.3 is 0 Å². The van der Waals surface area contributed by atoms with Gasteiger partial charge in [-0.15, -0.1) is 24.0 Å². The Morgan fingerprint density at radius 1 is 1.37 bits per heavy atom. The number of aryl methyl sites for hydroxylation is 1. The van der Waals surface area contributed by atoms with E-state index in [1.807, 2.05) is 50.3 Å². The molecule has 0 radical (unpaired) electrons. The van der Waals surface area contributed by atoms with E-state index in [-0.39, 0.29) is 35.9 Å². The van der Waals surface area contributed by atoms with Gasteiger partial charge in [-0.2, -0.15) is 5.10 Å². The molecule has 2 aromatic rings. The summed E-state index contributed by atoms with van der Waals surface area (Å²) in [5.41, 5.74) is 2.59. The van der Waals surface area contributed by atoms with Gasteiger partial charge in [-0.25, -0.2) is 4.39 Å². The first-order valence-electron chi connectivity index (χ1n) is 10.1. The lowest BCUT2D eigenvalue weighted by Crippen LogP contribution is -2.47. The number of anilines is 1. The molecule has 7 nitrogen and oxygen atoms in total. The summed E-state index contributed by atoms with van der Waals surface area (Å²) in [5.74, 6) is 0.599. The van der Waals surface area contributed by atoms with Crippen LogP contribution in [0.1, 0.15) is 31.1 Å². The molecule has 1 aliphatic heterocycles. The molecule has 1 aromatic heterocycles. The number of benzene rings is 1. The summed E-state index contributed by atoms with van der Waals surface area (Å²) in [4.78, 5) is 8.59. The SMILES string of the molecule is CCN(CC)c1ccc(CNC(=NC)N2CCOC(c3cnn(C)c3)C2)cc1F.I. The quantitative estimate of drug-likeness (QED) is 0.354. The second-order valence-electron chi connectivity index (χ2n) is 7.11. The van der Waals surface area contributed by atoms with Crippen molar-refractivity contribution in [2.75, 3.05) is 44.7 Å². The molecule has 1 saturated heterocycles. The smallest absolute Gasteiger partial charge is 0.194 e. The van der Waals surface area contributed by atoms with Crippen molar-refractivity contribution in [3.8, 4) is 0 Å². The van der Waals surface area contributed by atoms with E-state index >= 15 is 0 Å². The van der Waals surface area contributed by atoms with Crippen LogP contribution in [0.2, 0.25) is 0 Å². The van der Waals surface area contributed by atoms with Crippen LogP contribution >= 0.6 is 24.0 Å². The van der Waals surface area contributed by atoms with Crippen molar-refractivity contribution < 1.29 is 9.13 Å². The second-order valence-corrected chi connectivity index (χ2v) is 7.11. The molecule has 166 valence electrons. The van der Waals surface area contributed by atoms with Crippen molar-refractivity contribution in [2.45, 2.75) is 26.5 Å². The molecule has 0 amide bonds. The van der Waals surface area contributed by atoms with Crippen molar-refractivity contribution >= 4 is 35.6 Å². The lowest BCUT2D eigenvalue weighted by Gasteiger charge is -2.34. The third kappa shape index (κ3) is 5.84. The van der Waals surface area contributed by atoms with Crippen molar-refractivity contribution in [2.24, 2.45) is 12.0 Å². The Morgan fingerprint density at radius 3 is 2.73 bits per heavy atom. The molecule has 1 aliphatic rings. The fraction of sp³-hybridized carbons (Fsp3) is 0.524. The molecule has 0 aliphatic carbocycles. The highest BCUT2D eigenvalue weighted by Crippen LogP contribution is 2.22. The Morgan fingerprint density at radius 2 is 2.13 bits per heavy atom. The summed E-state index contributed by atoms with van der Waals surface area (Å²) in [5, 5.41) is 7.59. The van der Waals surface area contributed by atoms with Crippen molar-refractivity contribution in [3.63, 3.8) is 0 Å². The van der Waals surface area contributed by atoms with Gasteiger partial charge in [0.25, 0.3) is 0 Å². The highest BCUT2D eigenvalue weighted by Gasteiger charge is 2.25. The second kappa shape index (κ2) is 11.5. The lowest BCUT2D eigenvalue weighted by molar-refractivity contribution is -0.00805. The van der Waals surface area contributed by atoms with Gasteiger partial charge in [-0.05, 0) is 31.5 Å². The Hall–Kier alpha value is -1.88. The first-order valence-corrected chi connectivity index (χ1v) is 10.1. The molecule has 0 bridgehead atoms. The molecule has 1 aromatic carbocycles. The van der Waals surface area contributed by atoms with Crippen LogP contribution in [0, 0.1) is 5.82 Å². The summed E-state index contributed by atoms with van der Waals surface area (Å²) in [6.07, 6.45) is 3.77. The highest BCUT2D eigenvalue weighted by molar-refractivity contribution is 14.0. The monoisotopic (exact) mass is 530 g/mol. The summed E-state index contributed by atoms with van der Waals surface area (Å²) < 4.78 is 22.2. The van der Waals surface area contributed by atoms with Crippen LogP contribution < -0.4 is 10.2 Å². The first-order chi connectivity index (χ1) is 14.0. The van der Waals surface area contributed by atoms with E-state index in [0.717, 1.165) is 36.7 Å². The van der Waals surface area contributed by atoms with Gasteiger partial charge in [-0.3, -0.25) is 9.67 Å². The van der Waals surface area contributed by atoms with E-state index in [2.05, 4.69) is 20.3 Å². The fourth-order valence-electron chi connectivity index (χ4n) is 3.64. The van der Waals surface area contributed by atoms with Gasteiger partial charge in [0.1, 0.15) is 11.9 Å². The largest absolute Gasteiger partial charge is 0.370 e. The van der Waals surface area contributed by atoms with Crippen LogP contribution in [0.15, 0.2) is 35.6 Å². The van der Waals surface area contributed by atoms with Crippen molar-refractivity contribution in [3.05, 3.63) is 47.5 Å². The number of morpholine rings is 1. The molecular formula is C21H32FIN6O. The number of aliphatic imine (C=N–C) groups is 1. The van der Waals surface area contributed by atoms with Gasteiger partial charge in [0, 0.05) is 52.0 Å². The molecule has 1 fully saturated rings. The number of guanidine groups is 1. The zero-order valence-corrected chi connectivity index (χ0v) is 20.5. The van der Waals surface area contributed by atoms with E-state index in [1.54, 1.807) is 17.8 Å². The van der Waals surface area contributed by atoms with Crippen LogP contribution in [-0.2, 0) is 18.3 Å². The summed E-state index contributed by atoms with van der Waals surface area (Å²) in [7, 11) is 3.66. The fourth-order valence-corrected chi connectivity index (χ4v) is 3.64. The van der Waals surface area contributed by atoms with E-state index in [9.17, 15) is 4.39 Å². The van der Waals surface area contributed by atoms with Gasteiger partial charge < -0.3 is 19.9 Å². The molecule has 1 unspecified atom stereocenters. The minimum absolute atomic E-state index is 0. The molecule has 0 saturated carbocycles. The maximum absolute atomic E-state index is 14.5. The number of nitrogens with one attached hydrogen (secondary N) is 1. The molecule has 3 rings (SSSR count). The minimum Gasteiger partial charge on any atom is -0.370 e. The number of aromatic nitrogens is 2. The lowest BCUT2D eigenvalue weighted by atomic mass is 10.1. The number of halogens is 2. The van der Waals surface area contributed by atoms with E-state index in [0.29, 0.717) is 25.4 Å². The normalized spacial score (nSPS) is 16.9. The van der Waals surface area contributed by atoms with Gasteiger partial charge in [-0.1, -0.05) is 6.07 Å². The number of hydrogen-bond acceptors (Lipinski definition) is 4. The van der Waals surface area contributed by atoms with E-state index in [4.69, 9.17) is 4.74 Å². The maximum Gasteiger partial charge on any atom is 0.194 e. The van der Waals surface area contributed by atoms with Crippen LogP contribution in [-0.4, -0.2) is 60.5 Å². The van der Waals surface area contributed by atoms with Crippen molar-refractivity contribution in [1.82, 2.24) is 20.0 Å². The van der Waals surface area contributed by atoms with Crippen molar-refractivity contribution in [1.29, 1.82) is 0 Å². The Labute approximate surface area is 195 Å². The summed E-state index contributed by atoms with van der Waals surface area (Å²) >= 11 is 0. The maximum atomic E-state index is 14.5. The predicted molar refractivity (Wildman–Crippen MR) is 129 cm³/mol. The third-order valence-electron chi connectivity index (χ3n) is 5.24. The molecule has 2 heterocycles. The Balaban J connectivity index is 0.00000320. The van der Waals surface area contributed by atoms with Gasteiger partial charge in [0.05, 0.1) is 25.0 Å². The number of hydrogen-bond donors (Lipinski definition) is 1. The Bertz CT molecular complexity index is 839. The third-order valence-corrected chi connectivity index (χ3v) is 5.24. The molecule has 1 atom stereocenters. The van der Waals surface area contributed by atoms with Gasteiger partial charge in [0.2, 0.25) is 0 Å². The first kappa shape index (κ1) is 24.4. The number of ether oxygens (including phenoxy) is 1. The van der Waals surface area contributed by atoms with Crippen LogP contribution in [0.5, 0.6) is 0 Å². The number of nitrogens with zero attached hydrogens (tertiary/aromatic N) is 5. The van der Waals surface area contributed by atoms with Crippen LogP contribution in [0.3, 0.4) is 0 Å². The zero-order valence-electron chi connectivity index (χ0n) is 18.1. The minimum atomic E-state index is -0.189.